The molecule has 0 heterocycles. The van der Waals surface area contributed by atoms with Gasteiger partial charge in [-0.1, -0.05) is 12.8 Å². The normalized spacial score (nSPS) is 16.6. The molecule has 0 unspecified atom stereocenters. The second kappa shape index (κ2) is 6.34. The summed E-state index contributed by atoms with van der Waals surface area (Å²) in [7, 11) is 0. The molecule has 0 spiro atoms. The van der Waals surface area contributed by atoms with Crippen molar-refractivity contribution in [3.05, 3.63) is 33.9 Å². The van der Waals surface area contributed by atoms with Crippen LogP contribution < -0.4 is 11.1 Å². The van der Waals surface area contributed by atoms with E-state index in [1.807, 2.05) is 0 Å². The Kier molecular flexibility index (Phi) is 4.72. The van der Waals surface area contributed by atoms with Gasteiger partial charge in [-0.05, 0) is 31.2 Å². The number of nitro groups is 1. The second-order valence-corrected chi connectivity index (χ2v) is 6.58. The standard InChI is InChI=1S/C14H19N3O3S/c1-21-14(6-2-3-7-14)9-16-13(18)10-4-5-11(15)12(8-10)17(19)20/h4-5,8H,2-3,6-7,9,15H2,1H3,(H,16,18). The SMILES string of the molecule is CSC1(CNC(=O)c2ccc(N)c([N+](=O)[O-])c2)CCCC1. The van der Waals surface area contributed by atoms with E-state index in [4.69, 9.17) is 5.73 Å². The average molecular weight is 309 g/mol. The Labute approximate surface area is 127 Å². The number of nitrogens with zero attached hydrogens (tertiary/aromatic N) is 1. The van der Waals surface area contributed by atoms with Crippen LogP contribution in [0.1, 0.15) is 36.0 Å². The zero-order valence-corrected chi connectivity index (χ0v) is 12.7. The summed E-state index contributed by atoms with van der Waals surface area (Å²) in [6.07, 6.45) is 6.62. The molecule has 0 atom stereocenters. The van der Waals surface area contributed by atoms with E-state index in [2.05, 4.69) is 11.6 Å². The number of amides is 1. The summed E-state index contributed by atoms with van der Waals surface area (Å²) < 4.78 is 0.107. The van der Waals surface area contributed by atoms with Crippen molar-refractivity contribution in [1.82, 2.24) is 5.32 Å². The number of carbonyl (C=O) groups is 1. The Morgan fingerprint density at radius 2 is 2.14 bits per heavy atom. The monoisotopic (exact) mass is 309 g/mol. The van der Waals surface area contributed by atoms with E-state index >= 15 is 0 Å². The number of benzene rings is 1. The van der Waals surface area contributed by atoms with Crippen LogP contribution in [0, 0.1) is 10.1 Å². The molecule has 6 nitrogen and oxygen atoms in total. The van der Waals surface area contributed by atoms with E-state index in [0.717, 1.165) is 12.8 Å². The fraction of sp³-hybridized carbons (Fsp3) is 0.500. The van der Waals surface area contributed by atoms with Crippen LogP contribution in [0.5, 0.6) is 0 Å². The van der Waals surface area contributed by atoms with E-state index in [0.29, 0.717) is 6.54 Å². The van der Waals surface area contributed by atoms with E-state index < -0.39 is 4.92 Å². The number of carbonyl (C=O) groups excluding carboxylic acids is 1. The molecule has 0 bridgehead atoms. The fourth-order valence-electron chi connectivity index (χ4n) is 2.66. The van der Waals surface area contributed by atoms with Crippen molar-refractivity contribution < 1.29 is 9.72 Å². The Morgan fingerprint density at radius 3 is 2.71 bits per heavy atom. The van der Waals surface area contributed by atoms with E-state index in [9.17, 15) is 14.9 Å². The van der Waals surface area contributed by atoms with Gasteiger partial charge < -0.3 is 11.1 Å². The minimum atomic E-state index is -0.577. The summed E-state index contributed by atoms with van der Waals surface area (Å²) in [5, 5.41) is 13.7. The number of hydrogen-bond acceptors (Lipinski definition) is 5. The van der Waals surface area contributed by atoms with Gasteiger partial charge in [0.1, 0.15) is 5.69 Å². The topological polar surface area (TPSA) is 98.3 Å². The van der Waals surface area contributed by atoms with Crippen molar-refractivity contribution in [2.75, 3.05) is 18.5 Å². The second-order valence-electron chi connectivity index (χ2n) is 5.31. The van der Waals surface area contributed by atoms with Gasteiger partial charge in [-0.2, -0.15) is 11.8 Å². The average Bonchev–Trinajstić information content (AvgIpc) is 2.94. The van der Waals surface area contributed by atoms with Crippen LogP contribution >= 0.6 is 11.8 Å². The zero-order chi connectivity index (χ0) is 15.5. The van der Waals surface area contributed by atoms with Crippen molar-refractivity contribution in [3.8, 4) is 0 Å². The molecule has 0 aromatic heterocycles. The molecular formula is C14H19N3O3S. The van der Waals surface area contributed by atoms with Crippen LogP contribution in [0.3, 0.4) is 0 Å². The Balaban J connectivity index is 2.07. The maximum Gasteiger partial charge on any atom is 0.292 e. The molecule has 3 N–H and O–H groups in total. The lowest BCUT2D eigenvalue weighted by Crippen LogP contribution is -2.38. The molecule has 0 radical (unpaired) electrons. The van der Waals surface area contributed by atoms with Gasteiger partial charge in [0.2, 0.25) is 0 Å². The minimum absolute atomic E-state index is 0.0629. The largest absolute Gasteiger partial charge is 0.393 e. The molecule has 1 aliphatic carbocycles. The highest BCUT2D eigenvalue weighted by atomic mass is 32.2. The lowest BCUT2D eigenvalue weighted by atomic mass is 10.1. The van der Waals surface area contributed by atoms with Crippen LogP contribution in [0.25, 0.3) is 0 Å². The summed E-state index contributed by atoms with van der Waals surface area (Å²) in [4.78, 5) is 22.4. The highest BCUT2D eigenvalue weighted by Crippen LogP contribution is 2.39. The first-order chi connectivity index (χ1) is 9.97. The molecule has 1 aromatic rings. The number of thioether (sulfide) groups is 1. The summed E-state index contributed by atoms with van der Waals surface area (Å²) in [5.41, 5.74) is 5.63. The first-order valence-electron chi connectivity index (χ1n) is 6.85. The molecule has 21 heavy (non-hydrogen) atoms. The molecule has 2 rings (SSSR count). The summed E-state index contributed by atoms with van der Waals surface area (Å²) in [6.45, 7) is 0.588. The van der Waals surface area contributed by atoms with Crippen LogP contribution in [-0.4, -0.2) is 28.4 Å². The van der Waals surface area contributed by atoms with Gasteiger partial charge in [0.05, 0.1) is 4.92 Å². The third-order valence-electron chi connectivity index (χ3n) is 4.01. The molecule has 1 aromatic carbocycles. The lowest BCUT2D eigenvalue weighted by Gasteiger charge is -2.26. The maximum absolute atomic E-state index is 12.2. The highest BCUT2D eigenvalue weighted by molar-refractivity contribution is 8.00. The van der Waals surface area contributed by atoms with Crippen molar-refractivity contribution in [1.29, 1.82) is 0 Å². The van der Waals surface area contributed by atoms with E-state index in [-0.39, 0.29) is 27.6 Å². The smallest absolute Gasteiger partial charge is 0.292 e. The van der Waals surface area contributed by atoms with Crippen molar-refractivity contribution in [2.45, 2.75) is 30.4 Å². The molecule has 1 amide bonds. The molecular weight excluding hydrogens is 290 g/mol. The highest BCUT2D eigenvalue weighted by Gasteiger charge is 2.33. The van der Waals surface area contributed by atoms with E-state index in [1.165, 1.54) is 31.0 Å². The van der Waals surface area contributed by atoms with Crippen LogP contribution in [0.2, 0.25) is 0 Å². The van der Waals surface area contributed by atoms with Gasteiger partial charge in [-0.15, -0.1) is 0 Å². The molecule has 114 valence electrons. The molecule has 0 aliphatic heterocycles. The minimum Gasteiger partial charge on any atom is -0.393 e. The maximum atomic E-state index is 12.2. The summed E-state index contributed by atoms with van der Waals surface area (Å²) in [5.74, 6) is -0.293. The van der Waals surface area contributed by atoms with Crippen molar-refractivity contribution in [2.24, 2.45) is 0 Å². The third kappa shape index (κ3) is 3.47. The number of nitrogens with two attached hydrogens (primary N) is 1. The predicted octanol–water partition coefficient (Wildman–Crippen LogP) is 2.58. The number of rotatable bonds is 5. The molecule has 1 saturated carbocycles. The van der Waals surface area contributed by atoms with Gasteiger partial charge in [-0.3, -0.25) is 14.9 Å². The quantitative estimate of drug-likeness (QED) is 0.495. The van der Waals surface area contributed by atoms with Crippen LogP contribution in [0.4, 0.5) is 11.4 Å². The molecule has 1 fully saturated rings. The van der Waals surface area contributed by atoms with Gasteiger partial charge in [0, 0.05) is 22.9 Å². The fourth-order valence-corrected chi connectivity index (χ4v) is 3.57. The number of hydrogen-bond donors (Lipinski definition) is 2. The van der Waals surface area contributed by atoms with Gasteiger partial charge >= 0.3 is 0 Å². The van der Waals surface area contributed by atoms with Crippen molar-refractivity contribution >= 4 is 29.0 Å². The zero-order valence-electron chi connectivity index (χ0n) is 11.9. The van der Waals surface area contributed by atoms with Crippen molar-refractivity contribution in [3.63, 3.8) is 0 Å². The number of nitrogen functional groups attached to an aromatic ring is 1. The number of nitro benzene ring substituents is 1. The predicted molar refractivity (Wildman–Crippen MR) is 84.6 cm³/mol. The van der Waals surface area contributed by atoms with Crippen LogP contribution in [0.15, 0.2) is 18.2 Å². The first-order valence-corrected chi connectivity index (χ1v) is 8.07. The third-order valence-corrected chi connectivity index (χ3v) is 5.43. The lowest BCUT2D eigenvalue weighted by molar-refractivity contribution is -0.383. The van der Waals surface area contributed by atoms with Gasteiger partial charge in [-0.25, -0.2) is 0 Å². The number of anilines is 1. The van der Waals surface area contributed by atoms with Gasteiger partial charge in [0.15, 0.2) is 0 Å². The summed E-state index contributed by atoms with van der Waals surface area (Å²) >= 11 is 1.78. The van der Waals surface area contributed by atoms with E-state index in [1.54, 1.807) is 11.8 Å². The Morgan fingerprint density at radius 1 is 1.48 bits per heavy atom. The molecule has 0 saturated heterocycles. The summed E-state index contributed by atoms with van der Waals surface area (Å²) in [6, 6.07) is 4.14. The first kappa shape index (κ1) is 15.6. The number of nitrogens with one attached hydrogen (secondary N) is 1. The van der Waals surface area contributed by atoms with Gasteiger partial charge in [0.25, 0.3) is 11.6 Å². The van der Waals surface area contributed by atoms with Crippen LogP contribution in [-0.2, 0) is 0 Å². The molecule has 7 heteroatoms. The Bertz CT molecular complexity index is 556. The molecule has 1 aliphatic rings. The Hall–Kier alpha value is -1.76.